The average Bonchev–Trinajstić information content (AvgIpc) is 2.33. The minimum Gasteiger partial charge on any atom is -0.355 e. The van der Waals surface area contributed by atoms with Crippen LogP contribution in [0.2, 0.25) is 0 Å². The highest BCUT2D eigenvalue weighted by Gasteiger charge is 2.29. The van der Waals surface area contributed by atoms with Crippen LogP contribution in [0.25, 0.3) is 0 Å². The monoisotopic (exact) mass is 224 g/mol. The third-order valence-corrected chi connectivity index (χ3v) is 4.13. The lowest BCUT2D eigenvalue weighted by Gasteiger charge is -2.35. The van der Waals surface area contributed by atoms with E-state index in [2.05, 4.69) is 17.6 Å². The van der Waals surface area contributed by atoms with Crippen molar-refractivity contribution in [3.63, 3.8) is 0 Å². The van der Waals surface area contributed by atoms with Gasteiger partial charge in [-0.25, -0.2) is 0 Å². The second kappa shape index (κ2) is 5.67. The first-order chi connectivity index (χ1) is 7.81. The number of carbonyl (C=O) groups excluding carboxylic acids is 1. The Labute approximate surface area is 98.4 Å². The van der Waals surface area contributed by atoms with Gasteiger partial charge in [-0.1, -0.05) is 26.2 Å². The Hall–Kier alpha value is -0.570. The average molecular weight is 224 g/mol. The number of hydrogen-bond donors (Lipinski definition) is 2. The van der Waals surface area contributed by atoms with Crippen molar-refractivity contribution in [3.05, 3.63) is 0 Å². The second-order valence-corrected chi connectivity index (χ2v) is 5.21. The zero-order chi connectivity index (χ0) is 11.4. The van der Waals surface area contributed by atoms with E-state index in [1.54, 1.807) is 0 Å². The topological polar surface area (TPSA) is 41.1 Å². The van der Waals surface area contributed by atoms with Gasteiger partial charge in [0.25, 0.3) is 0 Å². The lowest BCUT2D eigenvalue weighted by atomic mass is 9.82. The summed E-state index contributed by atoms with van der Waals surface area (Å²) in [7, 11) is 0. The summed E-state index contributed by atoms with van der Waals surface area (Å²) < 4.78 is 0. The zero-order valence-electron chi connectivity index (χ0n) is 10.3. The molecule has 2 fully saturated rings. The van der Waals surface area contributed by atoms with Crippen molar-refractivity contribution in [2.24, 2.45) is 5.92 Å². The van der Waals surface area contributed by atoms with Gasteiger partial charge in [-0.3, -0.25) is 4.79 Å². The number of hydrogen-bond acceptors (Lipinski definition) is 2. The number of piperidine rings is 1. The molecule has 0 bridgehead atoms. The molecule has 0 spiro atoms. The SMILES string of the molecule is CCC1CCCCC1NC1CCCNC1=O. The number of rotatable bonds is 3. The molecule has 0 aromatic rings. The maximum absolute atomic E-state index is 11.7. The summed E-state index contributed by atoms with van der Waals surface area (Å²) in [6, 6.07) is 0.651. The van der Waals surface area contributed by atoms with E-state index in [-0.39, 0.29) is 11.9 Å². The van der Waals surface area contributed by atoms with E-state index in [9.17, 15) is 4.79 Å². The predicted molar refractivity (Wildman–Crippen MR) is 65.2 cm³/mol. The van der Waals surface area contributed by atoms with E-state index in [1.807, 2.05) is 0 Å². The minimum atomic E-state index is 0.0749. The number of carbonyl (C=O) groups is 1. The zero-order valence-corrected chi connectivity index (χ0v) is 10.3. The van der Waals surface area contributed by atoms with Crippen molar-refractivity contribution in [3.8, 4) is 0 Å². The Balaban J connectivity index is 1.88. The fourth-order valence-corrected chi connectivity index (χ4v) is 3.11. The molecule has 1 aliphatic carbocycles. The Morgan fingerprint density at radius 2 is 2.06 bits per heavy atom. The lowest BCUT2D eigenvalue weighted by Crippen LogP contribution is -2.53. The summed E-state index contributed by atoms with van der Waals surface area (Å²) in [5.41, 5.74) is 0. The molecule has 2 aliphatic rings. The van der Waals surface area contributed by atoms with Crippen LogP contribution < -0.4 is 10.6 Å². The normalized spacial score (nSPS) is 35.8. The van der Waals surface area contributed by atoms with E-state index >= 15 is 0 Å². The van der Waals surface area contributed by atoms with Crippen LogP contribution in [0.3, 0.4) is 0 Å². The Morgan fingerprint density at radius 3 is 2.81 bits per heavy atom. The van der Waals surface area contributed by atoms with E-state index in [0.717, 1.165) is 25.3 Å². The molecule has 3 atom stereocenters. The minimum absolute atomic E-state index is 0.0749. The van der Waals surface area contributed by atoms with Crippen molar-refractivity contribution in [2.45, 2.75) is 64.0 Å². The van der Waals surface area contributed by atoms with Crippen molar-refractivity contribution in [1.29, 1.82) is 0 Å². The van der Waals surface area contributed by atoms with E-state index in [1.165, 1.54) is 32.1 Å². The first-order valence-corrected chi connectivity index (χ1v) is 6.85. The van der Waals surface area contributed by atoms with Crippen molar-refractivity contribution < 1.29 is 4.79 Å². The molecule has 1 saturated carbocycles. The van der Waals surface area contributed by atoms with Gasteiger partial charge in [-0.15, -0.1) is 0 Å². The van der Waals surface area contributed by atoms with Crippen LogP contribution in [0.15, 0.2) is 0 Å². The summed E-state index contributed by atoms with van der Waals surface area (Å²) in [5.74, 6) is 0.996. The van der Waals surface area contributed by atoms with Gasteiger partial charge in [-0.05, 0) is 31.6 Å². The number of amides is 1. The highest BCUT2D eigenvalue weighted by Crippen LogP contribution is 2.27. The third kappa shape index (κ3) is 2.76. The predicted octanol–water partition coefficient (Wildman–Crippen LogP) is 1.82. The fraction of sp³-hybridized carbons (Fsp3) is 0.923. The molecule has 2 rings (SSSR count). The molecular formula is C13H24N2O. The molecule has 92 valence electrons. The van der Waals surface area contributed by atoms with Crippen LogP contribution in [-0.2, 0) is 4.79 Å². The van der Waals surface area contributed by atoms with Gasteiger partial charge in [0.15, 0.2) is 0 Å². The van der Waals surface area contributed by atoms with Crippen molar-refractivity contribution in [2.75, 3.05) is 6.54 Å². The van der Waals surface area contributed by atoms with Gasteiger partial charge in [0, 0.05) is 12.6 Å². The molecule has 3 heteroatoms. The Bertz CT molecular complexity index is 242. The molecule has 1 heterocycles. The number of nitrogens with one attached hydrogen (secondary N) is 2. The quantitative estimate of drug-likeness (QED) is 0.768. The first-order valence-electron chi connectivity index (χ1n) is 6.85. The van der Waals surface area contributed by atoms with Gasteiger partial charge in [0.2, 0.25) is 5.91 Å². The Morgan fingerprint density at radius 1 is 1.25 bits per heavy atom. The van der Waals surface area contributed by atoms with Crippen LogP contribution in [0, 0.1) is 5.92 Å². The summed E-state index contributed by atoms with van der Waals surface area (Å²) in [4.78, 5) is 11.7. The molecule has 1 amide bonds. The smallest absolute Gasteiger partial charge is 0.237 e. The summed E-state index contributed by atoms with van der Waals surface area (Å²) >= 11 is 0. The van der Waals surface area contributed by atoms with E-state index in [0.29, 0.717) is 6.04 Å². The fourth-order valence-electron chi connectivity index (χ4n) is 3.11. The molecule has 1 saturated heterocycles. The molecule has 0 radical (unpaired) electrons. The maximum Gasteiger partial charge on any atom is 0.237 e. The molecule has 1 aliphatic heterocycles. The van der Waals surface area contributed by atoms with Crippen LogP contribution >= 0.6 is 0 Å². The Kier molecular flexibility index (Phi) is 4.22. The van der Waals surface area contributed by atoms with Crippen LogP contribution in [0.5, 0.6) is 0 Å². The lowest BCUT2D eigenvalue weighted by molar-refractivity contribution is -0.124. The molecule has 0 aromatic carbocycles. The van der Waals surface area contributed by atoms with Crippen LogP contribution in [-0.4, -0.2) is 24.5 Å². The van der Waals surface area contributed by atoms with Crippen molar-refractivity contribution >= 4 is 5.91 Å². The van der Waals surface area contributed by atoms with Crippen molar-refractivity contribution in [1.82, 2.24) is 10.6 Å². The molecule has 3 unspecified atom stereocenters. The standard InChI is InChI=1S/C13H24N2O/c1-2-10-6-3-4-7-11(10)15-12-8-5-9-14-13(12)16/h10-12,15H,2-9H2,1H3,(H,14,16). The van der Waals surface area contributed by atoms with Gasteiger partial charge in [0.1, 0.15) is 0 Å². The molecule has 16 heavy (non-hydrogen) atoms. The van der Waals surface area contributed by atoms with Gasteiger partial charge in [0.05, 0.1) is 6.04 Å². The molecule has 0 aromatic heterocycles. The molecular weight excluding hydrogens is 200 g/mol. The van der Waals surface area contributed by atoms with E-state index in [4.69, 9.17) is 0 Å². The largest absolute Gasteiger partial charge is 0.355 e. The highest BCUT2D eigenvalue weighted by molar-refractivity contribution is 5.82. The summed E-state index contributed by atoms with van der Waals surface area (Å²) in [6.07, 6.45) is 8.65. The van der Waals surface area contributed by atoms with Gasteiger partial charge < -0.3 is 10.6 Å². The molecule has 2 N–H and O–H groups in total. The highest BCUT2D eigenvalue weighted by atomic mass is 16.2. The first kappa shape index (κ1) is 11.9. The molecule has 3 nitrogen and oxygen atoms in total. The van der Waals surface area contributed by atoms with Gasteiger partial charge >= 0.3 is 0 Å². The summed E-state index contributed by atoms with van der Waals surface area (Å²) in [6.45, 7) is 3.13. The van der Waals surface area contributed by atoms with Gasteiger partial charge in [-0.2, -0.15) is 0 Å². The van der Waals surface area contributed by atoms with Crippen LogP contribution in [0.4, 0.5) is 0 Å². The van der Waals surface area contributed by atoms with Crippen LogP contribution in [0.1, 0.15) is 51.9 Å². The summed E-state index contributed by atoms with van der Waals surface area (Å²) in [5, 5.41) is 6.55. The van der Waals surface area contributed by atoms with E-state index < -0.39 is 0 Å². The second-order valence-electron chi connectivity index (χ2n) is 5.21. The third-order valence-electron chi connectivity index (χ3n) is 4.13. The maximum atomic E-state index is 11.7.